The maximum Gasteiger partial charge on any atom is 0.147 e. The molecule has 0 spiro atoms. The normalized spacial score (nSPS) is 12.3. The maximum absolute atomic E-state index is 13.6. The van der Waals surface area contributed by atoms with Gasteiger partial charge in [0.1, 0.15) is 5.82 Å². The van der Waals surface area contributed by atoms with Gasteiger partial charge in [0.25, 0.3) is 0 Å². The van der Waals surface area contributed by atoms with Crippen LogP contribution in [-0.2, 0) is 5.54 Å². The van der Waals surface area contributed by atoms with Crippen molar-refractivity contribution in [1.29, 1.82) is 0 Å². The zero-order chi connectivity index (χ0) is 10.3. The Morgan fingerprint density at radius 1 is 1.14 bits per heavy atom. The van der Waals surface area contributed by atoms with Crippen LogP contribution in [0.1, 0.15) is 20.8 Å². The Hall–Kier alpha value is -1.31. The van der Waals surface area contributed by atoms with Crippen LogP contribution in [0, 0.1) is 5.82 Å². The molecule has 1 aromatic carbocycles. The lowest BCUT2D eigenvalue weighted by Gasteiger charge is -2.22. The fourth-order valence-electron chi connectivity index (χ4n) is 1.71. The van der Waals surface area contributed by atoms with Gasteiger partial charge in [0.2, 0.25) is 0 Å². The number of para-hydroxylation sites is 1. The van der Waals surface area contributed by atoms with E-state index in [9.17, 15) is 4.39 Å². The number of rotatable bonds is 0. The molecule has 0 atom stereocenters. The molecule has 0 fully saturated rings. The first kappa shape index (κ1) is 9.25. The number of hydrogen-bond donors (Lipinski definition) is 0. The molecule has 0 aliphatic rings. The van der Waals surface area contributed by atoms with Gasteiger partial charge in [0, 0.05) is 17.1 Å². The fraction of sp³-hybridized carbons (Fsp3) is 0.333. The van der Waals surface area contributed by atoms with Crippen LogP contribution < -0.4 is 0 Å². The van der Waals surface area contributed by atoms with Crippen molar-refractivity contribution in [2.45, 2.75) is 26.3 Å². The van der Waals surface area contributed by atoms with Crippen molar-refractivity contribution in [2.75, 3.05) is 0 Å². The molecule has 0 aliphatic heterocycles. The second kappa shape index (κ2) is 2.84. The predicted molar refractivity (Wildman–Crippen MR) is 56.9 cm³/mol. The Morgan fingerprint density at radius 3 is 2.50 bits per heavy atom. The van der Waals surface area contributed by atoms with E-state index in [2.05, 4.69) is 20.8 Å². The molecular weight excluding hydrogens is 177 g/mol. The lowest BCUT2D eigenvalue weighted by Crippen LogP contribution is -2.20. The number of hydrogen-bond acceptors (Lipinski definition) is 0. The molecule has 1 nitrogen and oxygen atoms in total. The van der Waals surface area contributed by atoms with E-state index in [0.717, 1.165) is 5.39 Å². The van der Waals surface area contributed by atoms with Crippen LogP contribution >= 0.6 is 0 Å². The number of fused-ring (bicyclic) bond motifs is 1. The van der Waals surface area contributed by atoms with Crippen molar-refractivity contribution in [3.63, 3.8) is 0 Å². The maximum atomic E-state index is 13.6. The van der Waals surface area contributed by atoms with E-state index in [0.29, 0.717) is 5.52 Å². The lowest BCUT2D eigenvalue weighted by atomic mass is 10.1. The molecule has 1 aromatic heterocycles. The summed E-state index contributed by atoms with van der Waals surface area (Å²) in [5.74, 6) is -0.151. The molecule has 1 heterocycles. The molecule has 14 heavy (non-hydrogen) atoms. The number of nitrogens with zero attached hydrogens (tertiary/aromatic N) is 1. The summed E-state index contributed by atoms with van der Waals surface area (Å²) in [5, 5.41) is 0.958. The van der Waals surface area contributed by atoms with Crippen molar-refractivity contribution in [1.82, 2.24) is 4.57 Å². The van der Waals surface area contributed by atoms with Gasteiger partial charge in [-0.15, -0.1) is 0 Å². The number of halogens is 1. The van der Waals surface area contributed by atoms with Crippen LogP contribution in [0.2, 0.25) is 0 Å². The summed E-state index contributed by atoms with van der Waals surface area (Å²) in [4.78, 5) is 0. The summed E-state index contributed by atoms with van der Waals surface area (Å²) in [5.41, 5.74) is 0.615. The smallest absolute Gasteiger partial charge is 0.147 e. The molecule has 0 radical (unpaired) electrons. The highest BCUT2D eigenvalue weighted by atomic mass is 19.1. The largest absolute Gasteiger partial charge is 0.340 e. The van der Waals surface area contributed by atoms with Gasteiger partial charge in [0.05, 0.1) is 5.52 Å². The fourth-order valence-corrected chi connectivity index (χ4v) is 1.71. The van der Waals surface area contributed by atoms with Gasteiger partial charge in [-0.3, -0.25) is 0 Å². The van der Waals surface area contributed by atoms with E-state index in [1.807, 2.05) is 22.9 Å². The molecule has 0 aliphatic carbocycles. The SMILES string of the molecule is CC(C)(C)n1ccc2cccc(F)c21. The third-order valence-corrected chi connectivity index (χ3v) is 2.38. The van der Waals surface area contributed by atoms with Crippen LogP contribution in [0.5, 0.6) is 0 Å². The summed E-state index contributed by atoms with van der Waals surface area (Å²) in [6.07, 6.45) is 1.94. The molecule has 2 heteroatoms. The highest BCUT2D eigenvalue weighted by molar-refractivity contribution is 5.80. The Bertz CT molecular complexity index is 463. The standard InChI is InChI=1S/C12H14FN/c1-12(2,3)14-8-7-9-5-4-6-10(13)11(9)14/h4-8H,1-3H3. The van der Waals surface area contributed by atoms with Crippen molar-refractivity contribution in [2.24, 2.45) is 0 Å². The zero-order valence-corrected chi connectivity index (χ0v) is 8.71. The first-order valence-electron chi connectivity index (χ1n) is 4.76. The van der Waals surface area contributed by atoms with E-state index in [1.165, 1.54) is 6.07 Å². The van der Waals surface area contributed by atoms with E-state index in [4.69, 9.17) is 0 Å². The highest BCUT2D eigenvalue weighted by Gasteiger charge is 2.16. The van der Waals surface area contributed by atoms with Gasteiger partial charge >= 0.3 is 0 Å². The van der Waals surface area contributed by atoms with Crippen molar-refractivity contribution < 1.29 is 4.39 Å². The minimum Gasteiger partial charge on any atom is -0.340 e. The molecule has 2 rings (SSSR count). The van der Waals surface area contributed by atoms with Gasteiger partial charge in [-0.2, -0.15) is 0 Å². The quantitative estimate of drug-likeness (QED) is 0.600. The number of aromatic nitrogens is 1. The lowest BCUT2D eigenvalue weighted by molar-refractivity contribution is 0.406. The average molecular weight is 191 g/mol. The van der Waals surface area contributed by atoms with E-state index in [-0.39, 0.29) is 11.4 Å². The topological polar surface area (TPSA) is 4.93 Å². The molecular formula is C12H14FN. The van der Waals surface area contributed by atoms with Crippen LogP contribution in [0.15, 0.2) is 30.5 Å². The van der Waals surface area contributed by atoms with Crippen LogP contribution in [0.25, 0.3) is 10.9 Å². The van der Waals surface area contributed by atoms with Gasteiger partial charge in [-0.25, -0.2) is 4.39 Å². The molecule has 0 saturated carbocycles. The van der Waals surface area contributed by atoms with Crippen LogP contribution in [0.4, 0.5) is 4.39 Å². The molecule has 2 aromatic rings. The number of benzene rings is 1. The van der Waals surface area contributed by atoms with E-state index in [1.54, 1.807) is 6.07 Å². The van der Waals surface area contributed by atoms with E-state index >= 15 is 0 Å². The van der Waals surface area contributed by atoms with Crippen molar-refractivity contribution in [3.8, 4) is 0 Å². The second-order valence-electron chi connectivity index (χ2n) is 4.53. The summed E-state index contributed by atoms with van der Waals surface area (Å²) >= 11 is 0. The monoisotopic (exact) mass is 191 g/mol. The van der Waals surface area contributed by atoms with Gasteiger partial charge in [-0.05, 0) is 32.9 Å². The summed E-state index contributed by atoms with van der Waals surface area (Å²) in [6.45, 7) is 6.20. The van der Waals surface area contributed by atoms with Crippen LogP contribution in [0.3, 0.4) is 0 Å². The molecule has 0 unspecified atom stereocenters. The molecule has 0 amide bonds. The van der Waals surface area contributed by atoms with Gasteiger partial charge < -0.3 is 4.57 Å². The molecule has 0 saturated heterocycles. The summed E-state index contributed by atoms with van der Waals surface area (Å²) in [7, 11) is 0. The Labute approximate surface area is 83.2 Å². The third kappa shape index (κ3) is 1.31. The van der Waals surface area contributed by atoms with Crippen LogP contribution in [-0.4, -0.2) is 4.57 Å². The minimum atomic E-state index is -0.151. The molecule has 74 valence electrons. The summed E-state index contributed by atoms with van der Waals surface area (Å²) < 4.78 is 15.6. The Morgan fingerprint density at radius 2 is 1.86 bits per heavy atom. The first-order valence-corrected chi connectivity index (χ1v) is 4.76. The minimum absolute atomic E-state index is 0.0794. The molecule has 0 bridgehead atoms. The van der Waals surface area contributed by atoms with Gasteiger partial charge in [-0.1, -0.05) is 12.1 Å². The predicted octanol–water partition coefficient (Wildman–Crippen LogP) is 3.54. The first-order chi connectivity index (χ1) is 6.50. The van der Waals surface area contributed by atoms with Crippen molar-refractivity contribution >= 4 is 10.9 Å². The summed E-state index contributed by atoms with van der Waals surface area (Å²) in [6, 6.07) is 7.12. The zero-order valence-electron chi connectivity index (χ0n) is 8.71. The highest BCUT2D eigenvalue weighted by Crippen LogP contribution is 2.25. The van der Waals surface area contributed by atoms with Crippen molar-refractivity contribution in [3.05, 3.63) is 36.3 Å². The van der Waals surface area contributed by atoms with Gasteiger partial charge in [0.15, 0.2) is 0 Å². The Balaban J connectivity index is 2.80. The Kier molecular flexibility index (Phi) is 1.88. The third-order valence-electron chi connectivity index (χ3n) is 2.38. The average Bonchev–Trinajstić information content (AvgIpc) is 2.47. The molecule has 0 N–H and O–H groups in total. The van der Waals surface area contributed by atoms with E-state index < -0.39 is 0 Å². The second-order valence-corrected chi connectivity index (χ2v) is 4.53.